The molecule has 0 aromatic heterocycles. The van der Waals surface area contributed by atoms with Crippen LogP contribution < -0.4 is 9.47 Å². The predicted molar refractivity (Wildman–Crippen MR) is 75.0 cm³/mol. The summed E-state index contributed by atoms with van der Waals surface area (Å²) in [7, 11) is 3.09. The summed E-state index contributed by atoms with van der Waals surface area (Å²) in [4.78, 5) is 11.8. The number of ether oxygens (including phenoxy) is 2. The number of halogens is 1. The first-order chi connectivity index (χ1) is 9.05. The van der Waals surface area contributed by atoms with Gasteiger partial charge in [-0.15, -0.1) is 0 Å². The molecule has 1 aliphatic carbocycles. The van der Waals surface area contributed by atoms with Gasteiger partial charge in [-0.1, -0.05) is 28.8 Å². The van der Waals surface area contributed by atoms with Gasteiger partial charge >= 0.3 is 5.97 Å². The number of hydrogen-bond acceptors (Lipinski definition) is 3. The van der Waals surface area contributed by atoms with Gasteiger partial charge in [-0.25, -0.2) is 0 Å². The molecule has 0 atom stereocenters. The van der Waals surface area contributed by atoms with E-state index in [1.807, 2.05) is 6.07 Å². The summed E-state index contributed by atoms with van der Waals surface area (Å²) in [5.41, 5.74) is -0.159. The van der Waals surface area contributed by atoms with Gasteiger partial charge in [-0.05, 0) is 25.0 Å². The molecule has 1 aromatic rings. The van der Waals surface area contributed by atoms with E-state index in [1.54, 1.807) is 20.3 Å². The van der Waals surface area contributed by atoms with Gasteiger partial charge in [0, 0.05) is 10.0 Å². The van der Waals surface area contributed by atoms with Gasteiger partial charge in [-0.3, -0.25) is 4.79 Å². The Hall–Kier alpha value is -1.23. The summed E-state index contributed by atoms with van der Waals surface area (Å²) < 4.78 is 11.5. The number of aliphatic carboxylic acids is 1. The molecule has 0 heterocycles. The van der Waals surface area contributed by atoms with Crippen molar-refractivity contribution in [1.29, 1.82) is 0 Å². The Morgan fingerprint density at radius 2 is 1.89 bits per heavy atom. The smallest absolute Gasteiger partial charge is 0.314 e. The van der Waals surface area contributed by atoms with Gasteiger partial charge in [0.1, 0.15) is 0 Å². The van der Waals surface area contributed by atoms with Crippen LogP contribution in [-0.2, 0) is 10.2 Å². The third kappa shape index (κ3) is 2.31. The Kier molecular flexibility index (Phi) is 4.04. The fraction of sp³-hybridized carbons (Fsp3) is 0.500. The van der Waals surface area contributed by atoms with E-state index < -0.39 is 11.4 Å². The summed E-state index contributed by atoms with van der Waals surface area (Å²) in [5.74, 6) is 0.290. The maximum atomic E-state index is 11.8. The standard InChI is InChI=1S/C14H17BrO4/c1-18-11-8-9(15)7-10(12(11)19-2)14(13(16)17)5-3-4-6-14/h7-8H,3-6H2,1-2H3,(H,16,17). The number of carboxylic acid groups (broad SMARTS) is 1. The summed E-state index contributed by atoms with van der Waals surface area (Å²) >= 11 is 3.41. The van der Waals surface area contributed by atoms with Crippen LogP contribution >= 0.6 is 15.9 Å². The third-order valence-electron chi connectivity index (χ3n) is 3.83. The molecule has 0 unspecified atom stereocenters. The van der Waals surface area contributed by atoms with Crippen molar-refractivity contribution < 1.29 is 19.4 Å². The summed E-state index contributed by atoms with van der Waals surface area (Å²) in [5, 5.41) is 9.68. The largest absolute Gasteiger partial charge is 0.493 e. The fourth-order valence-electron chi connectivity index (χ4n) is 2.86. The third-order valence-corrected chi connectivity index (χ3v) is 4.28. The van der Waals surface area contributed by atoms with E-state index in [0.29, 0.717) is 29.9 Å². The number of benzene rings is 1. The first-order valence-corrected chi connectivity index (χ1v) is 7.00. The van der Waals surface area contributed by atoms with Crippen molar-refractivity contribution in [2.45, 2.75) is 31.1 Å². The van der Waals surface area contributed by atoms with Gasteiger partial charge in [-0.2, -0.15) is 0 Å². The zero-order chi connectivity index (χ0) is 14.0. The Morgan fingerprint density at radius 3 is 2.37 bits per heavy atom. The van der Waals surface area contributed by atoms with Gasteiger partial charge in [0.05, 0.1) is 19.6 Å². The second kappa shape index (κ2) is 5.41. The van der Waals surface area contributed by atoms with Crippen molar-refractivity contribution in [2.75, 3.05) is 14.2 Å². The highest BCUT2D eigenvalue weighted by Crippen LogP contribution is 2.48. The molecule has 1 N–H and O–H groups in total. The second-order valence-corrected chi connectivity index (χ2v) is 5.70. The maximum Gasteiger partial charge on any atom is 0.314 e. The number of rotatable bonds is 4. The molecule has 2 rings (SSSR count). The lowest BCUT2D eigenvalue weighted by molar-refractivity contribution is -0.143. The van der Waals surface area contributed by atoms with Crippen molar-refractivity contribution >= 4 is 21.9 Å². The highest BCUT2D eigenvalue weighted by atomic mass is 79.9. The van der Waals surface area contributed by atoms with Crippen molar-refractivity contribution in [1.82, 2.24) is 0 Å². The van der Waals surface area contributed by atoms with Crippen LogP contribution in [0.1, 0.15) is 31.2 Å². The molecule has 0 spiro atoms. The Labute approximate surface area is 120 Å². The zero-order valence-electron chi connectivity index (χ0n) is 11.0. The average molecular weight is 329 g/mol. The highest BCUT2D eigenvalue weighted by molar-refractivity contribution is 9.10. The topological polar surface area (TPSA) is 55.8 Å². The van der Waals surface area contributed by atoms with Crippen molar-refractivity contribution in [2.24, 2.45) is 0 Å². The molecule has 1 fully saturated rings. The van der Waals surface area contributed by atoms with Crippen LogP contribution in [0.3, 0.4) is 0 Å². The molecule has 0 radical (unpaired) electrons. The average Bonchev–Trinajstić information content (AvgIpc) is 2.88. The number of hydrogen-bond donors (Lipinski definition) is 1. The summed E-state index contributed by atoms with van der Waals surface area (Å²) in [6.45, 7) is 0. The molecule has 0 bridgehead atoms. The molecular weight excluding hydrogens is 312 g/mol. The van der Waals surface area contributed by atoms with Crippen molar-refractivity contribution in [3.8, 4) is 11.5 Å². The van der Waals surface area contributed by atoms with E-state index in [-0.39, 0.29) is 0 Å². The molecule has 1 saturated carbocycles. The molecule has 19 heavy (non-hydrogen) atoms. The fourth-order valence-corrected chi connectivity index (χ4v) is 3.30. The minimum absolute atomic E-state index is 0.523. The van der Waals surface area contributed by atoms with Crippen LogP contribution in [0.15, 0.2) is 16.6 Å². The molecule has 4 nitrogen and oxygen atoms in total. The highest BCUT2D eigenvalue weighted by Gasteiger charge is 2.45. The van der Waals surface area contributed by atoms with E-state index in [4.69, 9.17) is 9.47 Å². The van der Waals surface area contributed by atoms with Crippen molar-refractivity contribution in [3.05, 3.63) is 22.2 Å². The quantitative estimate of drug-likeness (QED) is 0.920. The molecular formula is C14H17BrO4. The van der Waals surface area contributed by atoms with Gasteiger partial charge in [0.25, 0.3) is 0 Å². The normalized spacial score (nSPS) is 17.2. The van der Waals surface area contributed by atoms with E-state index >= 15 is 0 Å². The minimum Gasteiger partial charge on any atom is -0.493 e. The lowest BCUT2D eigenvalue weighted by atomic mass is 9.78. The number of carboxylic acids is 1. The molecule has 0 saturated heterocycles. The van der Waals surface area contributed by atoms with Crippen molar-refractivity contribution in [3.63, 3.8) is 0 Å². The van der Waals surface area contributed by atoms with Crippen LogP contribution in [0.2, 0.25) is 0 Å². The lowest BCUT2D eigenvalue weighted by Gasteiger charge is -2.27. The molecule has 0 aliphatic heterocycles. The monoisotopic (exact) mass is 328 g/mol. The first kappa shape index (κ1) is 14.2. The van der Waals surface area contributed by atoms with Crippen LogP contribution in [0.4, 0.5) is 0 Å². The summed E-state index contributed by atoms with van der Waals surface area (Å²) in [6.07, 6.45) is 3.12. The Balaban J connectivity index is 2.65. The molecule has 0 amide bonds. The van der Waals surface area contributed by atoms with Crippen LogP contribution in [0, 0.1) is 0 Å². The zero-order valence-corrected chi connectivity index (χ0v) is 12.6. The maximum absolute atomic E-state index is 11.8. The van der Waals surface area contributed by atoms with E-state index in [0.717, 1.165) is 17.3 Å². The van der Waals surface area contributed by atoms with E-state index in [2.05, 4.69) is 15.9 Å². The van der Waals surface area contributed by atoms with Gasteiger partial charge in [0.15, 0.2) is 11.5 Å². The predicted octanol–water partition coefficient (Wildman–Crippen LogP) is 3.36. The molecule has 5 heteroatoms. The van der Waals surface area contributed by atoms with Gasteiger partial charge < -0.3 is 14.6 Å². The van der Waals surface area contributed by atoms with Crippen LogP contribution in [0.5, 0.6) is 11.5 Å². The van der Waals surface area contributed by atoms with Crippen LogP contribution in [-0.4, -0.2) is 25.3 Å². The Morgan fingerprint density at radius 1 is 1.26 bits per heavy atom. The summed E-state index contributed by atoms with van der Waals surface area (Å²) in [6, 6.07) is 3.62. The second-order valence-electron chi connectivity index (χ2n) is 4.78. The SMILES string of the molecule is COc1cc(Br)cc(C2(C(=O)O)CCCC2)c1OC. The van der Waals surface area contributed by atoms with E-state index in [1.165, 1.54) is 0 Å². The van der Waals surface area contributed by atoms with Gasteiger partial charge in [0.2, 0.25) is 0 Å². The molecule has 1 aromatic carbocycles. The lowest BCUT2D eigenvalue weighted by Crippen LogP contribution is -2.33. The molecule has 104 valence electrons. The Bertz CT molecular complexity index is 492. The van der Waals surface area contributed by atoms with Crippen LogP contribution in [0.25, 0.3) is 0 Å². The number of methoxy groups -OCH3 is 2. The number of carbonyl (C=O) groups is 1. The first-order valence-electron chi connectivity index (χ1n) is 6.20. The van der Waals surface area contributed by atoms with E-state index in [9.17, 15) is 9.90 Å². The molecule has 1 aliphatic rings. The minimum atomic E-state index is -0.859.